The molecule has 0 atom stereocenters. The van der Waals surface area contributed by atoms with E-state index in [-0.39, 0.29) is 5.91 Å². The maximum Gasteiger partial charge on any atom is 0.334 e. The van der Waals surface area contributed by atoms with Crippen LogP contribution in [0.4, 0.5) is 16.2 Å². The highest BCUT2D eigenvalue weighted by molar-refractivity contribution is 6.45. The molecule has 6 amide bonds. The van der Waals surface area contributed by atoms with Crippen LogP contribution in [0.5, 0.6) is 0 Å². The number of nitrogens with zero attached hydrogens (tertiary/aromatic N) is 2. The fraction of sp³-hybridized carbons (Fsp3) is 0.312. The number of carbonyl (C=O) groups excluding carboxylic acids is 5. The summed E-state index contributed by atoms with van der Waals surface area (Å²) in [7, 11) is 0. The van der Waals surface area contributed by atoms with Gasteiger partial charge in [-0.05, 0) is 38.1 Å². The third kappa shape index (κ3) is 4.00. The minimum atomic E-state index is -1.02. The Morgan fingerprint density at radius 3 is 1.92 bits per heavy atom. The van der Waals surface area contributed by atoms with Crippen LogP contribution in [0.2, 0.25) is 0 Å². The predicted octanol–water partition coefficient (Wildman–Crippen LogP) is 0.783. The molecule has 0 aliphatic carbocycles. The summed E-state index contributed by atoms with van der Waals surface area (Å²) in [6.07, 6.45) is 0. The van der Waals surface area contributed by atoms with Crippen LogP contribution in [0, 0.1) is 0 Å². The number of amides is 6. The van der Waals surface area contributed by atoms with E-state index in [1.54, 1.807) is 38.1 Å². The van der Waals surface area contributed by atoms with Crippen molar-refractivity contribution in [2.45, 2.75) is 26.8 Å². The number of carbonyl (C=O) groups is 5. The highest BCUT2D eigenvalue weighted by atomic mass is 16.2. The van der Waals surface area contributed by atoms with E-state index < -0.39 is 36.3 Å². The van der Waals surface area contributed by atoms with Crippen molar-refractivity contribution >= 4 is 41.0 Å². The van der Waals surface area contributed by atoms with Crippen LogP contribution in [-0.4, -0.2) is 52.0 Å². The van der Waals surface area contributed by atoms with E-state index in [0.29, 0.717) is 16.3 Å². The molecule has 0 spiro atoms. The lowest BCUT2D eigenvalue weighted by atomic mass is 10.2. The smallest absolute Gasteiger partial charge is 0.326 e. The minimum absolute atomic E-state index is 0.220. The fourth-order valence-corrected chi connectivity index (χ4v) is 2.30. The van der Waals surface area contributed by atoms with Crippen molar-refractivity contribution in [1.29, 1.82) is 0 Å². The van der Waals surface area contributed by atoms with E-state index in [0.717, 1.165) is 4.90 Å². The second kappa shape index (κ2) is 7.12. The second-order valence-corrected chi connectivity index (χ2v) is 5.75. The number of nitrogens with one attached hydrogen (secondary N) is 2. The molecule has 25 heavy (non-hydrogen) atoms. The highest BCUT2D eigenvalue weighted by Crippen LogP contribution is 2.16. The fourth-order valence-electron chi connectivity index (χ4n) is 2.30. The molecule has 1 heterocycles. The van der Waals surface area contributed by atoms with Gasteiger partial charge in [0.05, 0.1) is 0 Å². The second-order valence-electron chi connectivity index (χ2n) is 5.75. The number of rotatable bonds is 5. The molecule has 2 N–H and O–H groups in total. The van der Waals surface area contributed by atoms with Gasteiger partial charge in [-0.15, -0.1) is 0 Å². The van der Waals surface area contributed by atoms with Crippen molar-refractivity contribution in [2.24, 2.45) is 0 Å². The number of hydrogen-bond donors (Lipinski definition) is 2. The summed E-state index contributed by atoms with van der Waals surface area (Å²) >= 11 is 0. The minimum Gasteiger partial charge on any atom is -0.326 e. The van der Waals surface area contributed by atoms with Crippen LogP contribution >= 0.6 is 0 Å². The van der Waals surface area contributed by atoms with Gasteiger partial charge >= 0.3 is 17.8 Å². The zero-order chi connectivity index (χ0) is 18.7. The third-order valence-electron chi connectivity index (χ3n) is 3.39. The van der Waals surface area contributed by atoms with Crippen molar-refractivity contribution < 1.29 is 24.0 Å². The summed E-state index contributed by atoms with van der Waals surface area (Å²) < 4.78 is 0. The molecule has 1 fully saturated rings. The van der Waals surface area contributed by atoms with E-state index >= 15 is 0 Å². The van der Waals surface area contributed by atoms with E-state index in [4.69, 9.17) is 0 Å². The number of urea groups is 1. The number of hydrogen-bond acceptors (Lipinski definition) is 5. The molecule has 1 saturated heterocycles. The molecule has 0 unspecified atom stereocenters. The third-order valence-corrected chi connectivity index (χ3v) is 3.39. The quantitative estimate of drug-likeness (QED) is 0.604. The lowest BCUT2D eigenvalue weighted by molar-refractivity contribution is -0.144. The lowest BCUT2D eigenvalue weighted by Crippen LogP contribution is -2.40. The molecule has 1 aliphatic heterocycles. The van der Waals surface area contributed by atoms with Crippen molar-refractivity contribution in [3.8, 4) is 0 Å². The maximum absolute atomic E-state index is 12.1. The standard InChI is InChI=1S/C16H18N4O5/c1-9(2)20-15(24)14(23)19(16(20)25)8-13(22)18-12-6-4-11(5-7-12)17-10(3)21/h4-7,9H,8H2,1-3H3,(H,17,21)(H,18,22). The van der Waals surface area contributed by atoms with Crippen LogP contribution in [0.3, 0.4) is 0 Å². The molecule has 1 aromatic rings. The number of anilines is 2. The Morgan fingerprint density at radius 2 is 1.48 bits per heavy atom. The molecule has 0 bridgehead atoms. The van der Waals surface area contributed by atoms with Crippen molar-refractivity contribution in [2.75, 3.05) is 17.2 Å². The van der Waals surface area contributed by atoms with Gasteiger partial charge in [0.25, 0.3) is 0 Å². The zero-order valence-corrected chi connectivity index (χ0v) is 14.0. The first-order valence-electron chi connectivity index (χ1n) is 7.57. The Balaban J connectivity index is 2.00. The van der Waals surface area contributed by atoms with Gasteiger partial charge in [0.1, 0.15) is 6.54 Å². The molecule has 9 heteroatoms. The summed E-state index contributed by atoms with van der Waals surface area (Å²) in [5.74, 6) is -2.79. The van der Waals surface area contributed by atoms with Gasteiger partial charge in [0.15, 0.2) is 0 Å². The van der Waals surface area contributed by atoms with Gasteiger partial charge in [0.2, 0.25) is 11.8 Å². The lowest BCUT2D eigenvalue weighted by Gasteiger charge is -2.18. The summed E-state index contributed by atoms with van der Waals surface area (Å²) in [5, 5.41) is 5.11. The molecule has 1 aromatic carbocycles. The Morgan fingerprint density at radius 1 is 0.960 bits per heavy atom. The Labute approximate surface area is 144 Å². The number of benzene rings is 1. The van der Waals surface area contributed by atoms with Gasteiger partial charge < -0.3 is 10.6 Å². The molecule has 9 nitrogen and oxygen atoms in total. The van der Waals surface area contributed by atoms with Crippen LogP contribution in [-0.2, 0) is 19.2 Å². The molecule has 132 valence electrons. The normalized spacial score (nSPS) is 14.3. The van der Waals surface area contributed by atoms with Crippen LogP contribution in [0.1, 0.15) is 20.8 Å². The van der Waals surface area contributed by atoms with Crippen molar-refractivity contribution in [3.63, 3.8) is 0 Å². The molecule has 1 aliphatic rings. The Hall–Kier alpha value is -3.23. The van der Waals surface area contributed by atoms with E-state index in [1.807, 2.05) is 0 Å². The Bertz CT molecular complexity index is 741. The summed E-state index contributed by atoms with van der Waals surface area (Å²) in [4.78, 5) is 60.2. The van der Waals surface area contributed by atoms with Crippen LogP contribution in [0.15, 0.2) is 24.3 Å². The molecule has 0 radical (unpaired) electrons. The van der Waals surface area contributed by atoms with Gasteiger partial charge in [-0.1, -0.05) is 0 Å². The zero-order valence-electron chi connectivity index (χ0n) is 14.0. The van der Waals surface area contributed by atoms with Crippen LogP contribution < -0.4 is 10.6 Å². The average molecular weight is 346 g/mol. The molecular formula is C16H18N4O5. The van der Waals surface area contributed by atoms with Gasteiger partial charge in [0, 0.05) is 24.3 Å². The highest BCUT2D eigenvalue weighted by Gasteiger charge is 2.46. The Kier molecular flexibility index (Phi) is 5.16. The largest absolute Gasteiger partial charge is 0.334 e. The van der Waals surface area contributed by atoms with Crippen molar-refractivity contribution in [1.82, 2.24) is 9.80 Å². The first-order chi connectivity index (χ1) is 11.7. The first kappa shape index (κ1) is 18.1. The van der Waals surface area contributed by atoms with Gasteiger partial charge in [-0.25, -0.2) is 9.69 Å². The molecular weight excluding hydrogens is 328 g/mol. The molecule has 0 aromatic heterocycles. The van der Waals surface area contributed by atoms with E-state index in [1.165, 1.54) is 6.92 Å². The first-order valence-corrected chi connectivity index (χ1v) is 7.57. The van der Waals surface area contributed by atoms with Gasteiger partial charge in [-0.2, -0.15) is 0 Å². The summed E-state index contributed by atoms with van der Waals surface area (Å²) in [5.41, 5.74) is 0.985. The van der Waals surface area contributed by atoms with E-state index in [9.17, 15) is 24.0 Å². The average Bonchev–Trinajstić information content (AvgIpc) is 2.72. The van der Waals surface area contributed by atoms with Crippen LogP contribution in [0.25, 0.3) is 0 Å². The molecule has 2 rings (SSSR count). The monoisotopic (exact) mass is 346 g/mol. The topological polar surface area (TPSA) is 116 Å². The van der Waals surface area contributed by atoms with Gasteiger partial charge in [-0.3, -0.25) is 24.1 Å². The van der Waals surface area contributed by atoms with Crippen molar-refractivity contribution in [3.05, 3.63) is 24.3 Å². The summed E-state index contributed by atoms with van der Waals surface area (Å²) in [6.45, 7) is 4.02. The SMILES string of the molecule is CC(=O)Nc1ccc(NC(=O)CN2C(=O)C(=O)N(C(C)C)C2=O)cc1. The maximum atomic E-state index is 12.1. The van der Waals surface area contributed by atoms with E-state index in [2.05, 4.69) is 10.6 Å². The molecule has 0 saturated carbocycles. The predicted molar refractivity (Wildman–Crippen MR) is 88.5 cm³/mol. The number of imide groups is 2. The summed E-state index contributed by atoms with van der Waals surface area (Å²) in [6, 6.07) is 5.02.